The Morgan fingerprint density at radius 1 is 1.14 bits per heavy atom. The van der Waals surface area contributed by atoms with Gasteiger partial charge in [0.1, 0.15) is 11.9 Å². The number of carbonyl (C=O) groups is 1. The fourth-order valence-corrected chi connectivity index (χ4v) is 2.96. The van der Waals surface area contributed by atoms with Crippen LogP contribution >= 0.6 is 0 Å². The molecule has 0 aromatic heterocycles. The van der Waals surface area contributed by atoms with Crippen molar-refractivity contribution in [1.82, 2.24) is 0 Å². The lowest BCUT2D eigenvalue weighted by Crippen LogP contribution is -2.15. The second-order valence-electron chi connectivity index (χ2n) is 6.75. The maximum atomic E-state index is 13.7. The number of halogens is 3. The van der Waals surface area contributed by atoms with E-state index in [2.05, 4.69) is 0 Å². The molecule has 2 rings (SSSR count). The molecule has 1 aromatic rings. The highest BCUT2D eigenvalue weighted by molar-refractivity contribution is 5.79. The fraction of sp³-hybridized carbons (Fsp3) is 0.562. The summed E-state index contributed by atoms with van der Waals surface area (Å²) in [6.45, 7) is 9.20. The van der Waals surface area contributed by atoms with E-state index in [1.54, 1.807) is 0 Å². The molecule has 0 heterocycles. The zero-order valence-electron chi connectivity index (χ0n) is 12.8. The predicted molar refractivity (Wildman–Crippen MR) is 71.9 cm³/mol. The molecule has 21 heavy (non-hydrogen) atoms. The number of carbonyl (C=O) groups excluding carboxylic acids is 1. The molecule has 116 valence electrons. The van der Waals surface area contributed by atoms with E-state index in [1.807, 2.05) is 27.7 Å². The van der Waals surface area contributed by atoms with Crippen molar-refractivity contribution in [2.45, 2.75) is 40.7 Å². The van der Waals surface area contributed by atoms with E-state index < -0.39 is 29.5 Å². The van der Waals surface area contributed by atoms with Gasteiger partial charge in [0, 0.05) is 11.6 Å². The molecular formula is C16H19F3O2. The highest BCUT2D eigenvalue weighted by Crippen LogP contribution is 2.68. The summed E-state index contributed by atoms with van der Waals surface area (Å²) in [7, 11) is 0. The third kappa shape index (κ3) is 2.43. The van der Waals surface area contributed by atoms with Gasteiger partial charge in [0.05, 0.1) is 5.92 Å². The van der Waals surface area contributed by atoms with Crippen LogP contribution in [0, 0.1) is 34.2 Å². The first kappa shape index (κ1) is 15.9. The summed E-state index contributed by atoms with van der Waals surface area (Å²) in [5.74, 6) is -4.17. The molecule has 0 radical (unpaired) electrons. The lowest BCUT2D eigenvalue weighted by atomic mass is 10.0. The van der Waals surface area contributed by atoms with Crippen LogP contribution in [0.5, 0.6) is 0 Å². The van der Waals surface area contributed by atoms with Crippen molar-refractivity contribution in [2.24, 2.45) is 16.7 Å². The standard InChI is InChI=1S/C16H19F3O2/c1-8(10-6-9(17)7-11(18)12(10)19)21-14(20)13-15(2,3)16(13,4)5/h6-8,13H,1-5H3. The van der Waals surface area contributed by atoms with Crippen LogP contribution in [-0.2, 0) is 9.53 Å². The molecule has 5 heteroatoms. The van der Waals surface area contributed by atoms with Gasteiger partial charge < -0.3 is 4.74 Å². The Labute approximate surface area is 122 Å². The van der Waals surface area contributed by atoms with Crippen LogP contribution in [0.25, 0.3) is 0 Å². The third-order valence-electron chi connectivity index (χ3n) is 5.01. The maximum absolute atomic E-state index is 13.7. The molecule has 1 aromatic carbocycles. The van der Waals surface area contributed by atoms with E-state index in [4.69, 9.17) is 4.74 Å². The molecular weight excluding hydrogens is 281 g/mol. The van der Waals surface area contributed by atoms with Gasteiger partial charge in [-0.3, -0.25) is 4.79 Å². The molecule has 1 unspecified atom stereocenters. The Balaban J connectivity index is 2.17. The quantitative estimate of drug-likeness (QED) is 0.611. The van der Waals surface area contributed by atoms with Gasteiger partial charge in [0.15, 0.2) is 11.6 Å². The van der Waals surface area contributed by atoms with Gasteiger partial charge in [-0.15, -0.1) is 0 Å². The van der Waals surface area contributed by atoms with Gasteiger partial charge in [-0.1, -0.05) is 27.7 Å². The minimum atomic E-state index is -1.29. The minimum Gasteiger partial charge on any atom is -0.457 e. The van der Waals surface area contributed by atoms with Crippen LogP contribution < -0.4 is 0 Å². The number of ether oxygens (including phenoxy) is 1. The Morgan fingerprint density at radius 3 is 2.14 bits per heavy atom. The van der Waals surface area contributed by atoms with E-state index in [0.29, 0.717) is 6.07 Å². The van der Waals surface area contributed by atoms with E-state index in [-0.39, 0.29) is 22.3 Å². The number of benzene rings is 1. The summed E-state index contributed by atoms with van der Waals surface area (Å²) in [5, 5.41) is 0. The molecule has 0 aliphatic heterocycles. The summed E-state index contributed by atoms with van der Waals surface area (Å²) in [5.41, 5.74) is -0.720. The number of rotatable bonds is 3. The Hall–Kier alpha value is -1.52. The first-order valence-corrected chi connectivity index (χ1v) is 6.85. The number of hydrogen-bond donors (Lipinski definition) is 0. The van der Waals surface area contributed by atoms with Gasteiger partial charge in [-0.25, -0.2) is 13.2 Å². The number of hydrogen-bond acceptors (Lipinski definition) is 2. The first-order chi connectivity index (χ1) is 9.50. The Kier molecular flexibility index (Phi) is 3.59. The topological polar surface area (TPSA) is 26.3 Å². The first-order valence-electron chi connectivity index (χ1n) is 6.85. The van der Waals surface area contributed by atoms with Crippen LogP contribution in [0.4, 0.5) is 13.2 Å². The van der Waals surface area contributed by atoms with Gasteiger partial charge in [-0.2, -0.15) is 0 Å². The van der Waals surface area contributed by atoms with E-state index in [9.17, 15) is 18.0 Å². The zero-order valence-corrected chi connectivity index (χ0v) is 12.8. The summed E-state index contributed by atoms with van der Waals surface area (Å²) < 4.78 is 45.3. The van der Waals surface area contributed by atoms with Gasteiger partial charge in [0.2, 0.25) is 0 Å². The van der Waals surface area contributed by atoms with E-state index in [0.717, 1.165) is 6.07 Å². The van der Waals surface area contributed by atoms with E-state index in [1.165, 1.54) is 6.92 Å². The average Bonchev–Trinajstić information content (AvgIpc) is 2.74. The molecule has 1 atom stereocenters. The maximum Gasteiger partial charge on any atom is 0.310 e. The molecule has 1 aliphatic rings. The van der Waals surface area contributed by atoms with Gasteiger partial charge >= 0.3 is 5.97 Å². The molecule has 1 saturated carbocycles. The van der Waals surface area contributed by atoms with Crippen molar-refractivity contribution in [2.75, 3.05) is 0 Å². The van der Waals surface area contributed by atoms with Crippen molar-refractivity contribution in [3.8, 4) is 0 Å². The second kappa shape index (κ2) is 4.75. The largest absolute Gasteiger partial charge is 0.457 e. The highest BCUT2D eigenvalue weighted by Gasteiger charge is 2.69. The number of esters is 1. The van der Waals surface area contributed by atoms with Crippen LogP contribution in [-0.4, -0.2) is 5.97 Å². The summed E-state index contributed by atoms with van der Waals surface area (Å²) in [6.07, 6.45) is -1.05. The van der Waals surface area contributed by atoms with Crippen LogP contribution in [0.3, 0.4) is 0 Å². The van der Waals surface area contributed by atoms with Crippen LogP contribution in [0.15, 0.2) is 12.1 Å². The van der Waals surface area contributed by atoms with Gasteiger partial charge in [-0.05, 0) is 23.8 Å². The van der Waals surface area contributed by atoms with Gasteiger partial charge in [0.25, 0.3) is 0 Å². The molecule has 0 bridgehead atoms. The van der Waals surface area contributed by atoms with Crippen molar-refractivity contribution in [3.05, 3.63) is 35.1 Å². The Morgan fingerprint density at radius 2 is 1.67 bits per heavy atom. The lowest BCUT2D eigenvalue weighted by molar-refractivity contribution is -0.151. The summed E-state index contributed by atoms with van der Waals surface area (Å²) in [6, 6.07) is 1.31. The third-order valence-corrected chi connectivity index (χ3v) is 5.01. The van der Waals surface area contributed by atoms with Crippen LogP contribution in [0.2, 0.25) is 0 Å². The molecule has 1 fully saturated rings. The molecule has 1 aliphatic carbocycles. The molecule has 0 amide bonds. The monoisotopic (exact) mass is 300 g/mol. The zero-order chi connectivity index (χ0) is 16.2. The second-order valence-corrected chi connectivity index (χ2v) is 6.75. The van der Waals surface area contributed by atoms with Crippen molar-refractivity contribution in [3.63, 3.8) is 0 Å². The SMILES string of the molecule is CC(OC(=O)C1C(C)(C)C1(C)C)c1cc(F)cc(F)c1F. The molecule has 2 nitrogen and oxygen atoms in total. The van der Waals surface area contributed by atoms with Crippen molar-refractivity contribution >= 4 is 5.97 Å². The Bertz CT molecular complexity index is 579. The smallest absolute Gasteiger partial charge is 0.310 e. The van der Waals surface area contributed by atoms with Crippen LogP contribution in [0.1, 0.15) is 46.3 Å². The molecule has 0 N–H and O–H groups in total. The van der Waals surface area contributed by atoms with Crippen molar-refractivity contribution in [1.29, 1.82) is 0 Å². The minimum absolute atomic E-state index is 0.213. The predicted octanol–water partition coefficient (Wildman–Crippen LogP) is 4.39. The summed E-state index contributed by atoms with van der Waals surface area (Å²) >= 11 is 0. The average molecular weight is 300 g/mol. The van der Waals surface area contributed by atoms with E-state index >= 15 is 0 Å². The summed E-state index contributed by atoms with van der Waals surface area (Å²) in [4.78, 5) is 12.2. The lowest BCUT2D eigenvalue weighted by Gasteiger charge is -2.15. The molecule has 0 saturated heterocycles. The molecule has 0 spiro atoms. The van der Waals surface area contributed by atoms with Crippen molar-refractivity contribution < 1.29 is 22.7 Å². The fourth-order valence-electron chi connectivity index (χ4n) is 2.96. The highest BCUT2D eigenvalue weighted by atomic mass is 19.2. The normalized spacial score (nSPS) is 21.0.